The highest BCUT2D eigenvalue weighted by atomic mass is 79.9. The van der Waals surface area contributed by atoms with Gasteiger partial charge in [0.1, 0.15) is 12.4 Å². The number of carbonyl (C=O) groups is 1. The molecule has 15 heavy (non-hydrogen) atoms. The van der Waals surface area contributed by atoms with Crippen LogP contribution in [0.4, 0.5) is 9.18 Å². The van der Waals surface area contributed by atoms with Crippen LogP contribution >= 0.6 is 15.9 Å². The van der Waals surface area contributed by atoms with Gasteiger partial charge in [-0.2, -0.15) is 0 Å². The molecule has 1 aliphatic heterocycles. The second-order valence-corrected chi connectivity index (χ2v) is 4.52. The van der Waals surface area contributed by atoms with Crippen molar-refractivity contribution in [2.45, 2.75) is 12.5 Å². The van der Waals surface area contributed by atoms with E-state index in [1.807, 2.05) is 6.92 Å². The average Bonchev–Trinajstić information content (AvgIpc) is 2.52. The van der Waals surface area contributed by atoms with Crippen molar-refractivity contribution in [3.05, 3.63) is 34.1 Å². The van der Waals surface area contributed by atoms with Crippen molar-refractivity contribution in [1.29, 1.82) is 0 Å². The molecule has 0 aromatic heterocycles. The van der Waals surface area contributed by atoms with E-state index in [-0.39, 0.29) is 12.4 Å². The molecule has 1 aromatic carbocycles. The number of hydrogen-bond donors (Lipinski definition) is 1. The largest absolute Gasteiger partial charge is 0.447 e. The molecule has 1 aromatic rings. The Bertz CT molecular complexity index is 424. The fourth-order valence-electron chi connectivity index (χ4n) is 1.50. The SMILES string of the molecule is CC1(c2ccc(F)c(Br)c2)COC(=O)N1. The summed E-state index contributed by atoms with van der Waals surface area (Å²) in [6.07, 6.45) is -0.446. The molecule has 1 fully saturated rings. The van der Waals surface area contributed by atoms with Gasteiger partial charge in [0, 0.05) is 0 Å². The molecule has 0 spiro atoms. The molecular weight excluding hydrogens is 265 g/mol. The molecule has 2 rings (SSSR count). The maximum Gasteiger partial charge on any atom is 0.408 e. The second-order valence-electron chi connectivity index (χ2n) is 3.66. The van der Waals surface area contributed by atoms with E-state index >= 15 is 0 Å². The molecule has 3 nitrogen and oxygen atoms in total. The van der Waals surface area contributed by atoms with Gasteiger partial charge in [-0.05, 0) is 40.5 Å². The van der Waals surface area contributed by atoms with Crippen molar-refractivity contribution in [2.24, 2.45) is 0 Å². The average molecular weight is 274 g/mol. The number of ether oxygens (including phenoxy) is 1. The Balaban J connectivity index is 2.37. The van der Waals surface area contributed by atoms with E-state index < -0.39 is 11.6 Å². The highest BCUT2D eigenvalue weighted by Crippen LogP contribution is 2.28. The van der Waals surface area contributed by atoms with Gasteiger partial charge in [0.2, 0.25) is 0 Å². The van der Waals surface area contributed by atoms with Crippen LogP contribution in [-0.2, 0) is 10.3 Å². The van der Waals surface area contributed by atoms with Crippen LogP contribution in [0.1, 0.15) is 12.5 Å². The van der Waals surface area contributed by atoms with Gasteiger partial charge in [0.15, 0.2) is 0 Å². The lowest BCUT2D eigenvalue weighted by atomic mass is 9.94. The zero-order chi connectivity index (χ0) is 11.1. The lowest BCUT2D eigenvalue weighted by molar-refractivity contribution is 0.173. The molecule has 5 heteroatoms. The van der Waals surface area contributed by atoms with Crippen LogP contribution < -0.4 is 5.32 Å². The molecule has 0 radical (unpaired) electrons. The highest BCUT2D eigenvalue weighted by Gasteiger charge is 2.36. The number of carbonyl (C=O) groups excluding carboxylic acids is 1. The summed E-state index contributed by atoms with van der Waals surface area (Å²) in [5.41, 5.74) is 0.231. The number of amides is 1. The van der Waals surface area contributed by atoms with Gasteiger partial charge in [-0.3, -0.25) is 0 Å². The lowest BCUT2D eigenvalue weighted by Crippen LogP contribution is -2.37. The maximum atomic E-state index is 13.0. The summed E-state index contributed by atoms with van der Waals surface area (Å²) in [6.45, 7) is 2.08. The summed E-state index contributed by atoms with van der Waals surface area (Å²) in [5, 5.41) is 2.69. The molecule has 1 saturated heterocycles. The Hall–Kier alpha value is -1.10. The molecular formula is C10H9BrFNO2. The zero-order valence-corrected chi connectivity index (χ0v) is 9.60. The van der Waals surface area contributed by atoms with Gasteiger partial charge >= 0.3 is 6.09 Å². The van der Waals surface area contributed by atoms with Crippen LogP contribution in [0.25, 0.3) is 0 Å². The molecule has 1 atom stereocenters. The molecule has 1 unspecified atom stereocenters. The maximum absolute atomic E-state index is 13.0. The monoisotopic (exact) mass is 273 g/mol. The fourth-order valence-corrected chi connectivity index (χ4v) is 1.88. The van der Waals surface area contributed by atoms with E-state index in [1.54, 1.807) is 12.1 Å². The van der Waals surface area contributed by atoms with Crippen LogP contribution in [0, 0.1) is 5.82 Å². The van der Waals surface area contributed by atoms with Crippen molar-refractivity contribution in [3.63, 3.8) is 0 Å². The van der Waals surface area contributed by atoms with Gasteiger partial charge in [-0.25, -0.2) is 9.18 Å². The smallest absolute Gasteiger partial charge is 0.408 e. The fraction of sp³-hybridized carbons (Fsp3) is 0.300. The molecule has 1 N–H and O–H groups in total. The first-order valence-corrected chi connectivity index (χ1v) is 5.21. The highest BCUT2D eigenvalue weighted by molar-refractivity contribution is 9.10. The topological polar surface area (TPSA) is 38.3 Å². The third-order valence-electron chi connectivity index (χ3n) is 2.43. The van der Waals surface area contributed by atoms with Crippen LogP contribution in [0.3, 0.4) is 0 Å². The van der Waals surface area contributed by atoms with Crippen molar-refractivity contribution in [2.75, 3.05) is 6.61 Å². The van der Waals surface area contributed by atoms with Crippen molar-refractivity contribution >= 4 is 22.0 Å². The minimum absolute atomic E-state index is 0.254. The van der Waals surface area contributed by atoms with E-state index in [1.165, 1.54) is 6.07 Å². The van der Waals surface area contributed by atoms with Crippen LogP contribution in [-0.4, -0.2) is 12.7 Å². The molecule has 1 amide bonds. The summed E-state index contributed by atoms with van der Waals surface area (Å²) in [6, 6.07) is 4.63. The first-order valence-electron chi connectivity index (χ1n) is 4.42. The van der Waals surface area contributed by atoms with Gasteiger partial charge in [0.25, 0.3) is 0 Å². The Morgan fingerprint density at radius 2 is 2.33 bits per heavy atom. The Kier molecular flexibility index (Phi) is 2.42. The van der Waals surface area contributed by atoms with Crippen molar-refractivity contribution in [3.8, 4) is 0 Å². The predicted octanol–water partition coefficient (Wildman–Crippen LogP) is 2.54. The molecule has 0 bridgehead atoms. The number of nitrogens with one attached hydrogen (secondary N) is 1. The number of benzene rings is 1. The van der Waals surface area contributed by atoms with E-state index in [2.05, 4.69) is 21.2 Å². The van der Waals surface area contributed by atoms with Gasteiger partial charge in [-0.15, -0.1) is 0 Å². The standard InChI is InChI=1S/C10H9BrFNO2/c1-10(5-15-9(14)13-10)6-2-3-8(12)7(11)4-6/h2-4H,5H2,1H3,(H,13,14). The first-order chi connectivity index (χ1) is 7.01. The number of hydrogen-bond acceptors (Lipinski definition) is 2. The third-order valence-corrected chi connectivity index (χ3v) is 3.03. The molecule has 80 valence electrons. The van der Waals surface area contributed by atoms with Crippen molar-refractivity contribution in [1.82, 2.24) is 5.32 Å². The van der Waals surface area contributed by atoms with Crippen LogP contribution in [0.15, 0.2) is 22.7 Å². The minimum Gasteiger partial charge on any atom is -0.447 e. The Morgan fingerprint density at radius 1 is 1.60 bits per heavy atom. The molecule has 1 aliphatic rings. The zero-order valence-electron chi connectivity index (χ0n) is 8.01. The number of rotatable bonds is 1. The second kappa shape index (κ2) is 3.48. The third kappa shape index (κ3) is 1.84. The Labute approximate surface area is 94.7 Å². The van der Waals surface area contributed by atoms with E-state index in [0.29, 0.717) is 4.47 Å². The van der Waals surface area contributed by atoms with E-state index in [9.17, 15) is 9.18 Å². The molecule has 0 saturated carbocycles. The van der Waals surface area contributed by atoms with Crippen LogP contribution in [0.5, 0.6) is 0 Å². The normalized spacial score (nSPS) is 24.9. The van der Waals surface area contributed by atoms with E-state index in [4.69, 9.17) is 4.74 Å². The van der Waals surface area contributed by atoms with Gasteiger partial charge in [0.05, 0.1) is 10.0 Å². The number of halogens is 2. The molecule has 0 aliphatic carbocycles. The summed E-state index contributed by atoms with van der Waals surface area (Å²) in [4.78, 5) is 11.0. The summed E-state index contributed by atoms with van der Waals surface area (Å²) < 4.78 is 18.2. The summed E-state index contributed by atoms with van der Waals surface area (Å²) in [7, 11) is 0. The Morgan fingerprint density at radius 3 is 2.87 bits per heavy atom. The van der Waals surface area contributed by atoms with Crippen LogP contribution in [0.2, 0.25) is 0 Å². The minimum atomic E-state index is -0.576. The first kappa shape index (κ1) is 10.4. The quantitative estimate of drug-likeness (QED) is 0.854. The number of cyclic esters (lactones) is 1. The lowest BCUT2D eigenvalue weighted by Gasteiger charge is -2.21. The van der Waals surface area contributed by atoms with Crippen molar-refractivity contribution < 1.29 is 13.9 Å². The number of alkyl carbamates (subject to hydrolysis) is 1. The van der Waals surface area contributed by atoms with E-state index in [0.717, 1.165) is 5.56 Å². The van der Waals surface area contributed by atoms with Gasteiger partial charge < -0.3 is 10.1 Å². The molecule has 1 heterocycles. The predicted molar refractivity (Wildman–Crippen MR) is 55.9 cm³/mol. The summed E-state index contributed by atoms with van der Waals surface area (Å²) in [5.74, 6) is -0.326. The summed E-state index contributed by atoms with van der Waals surface area (Å²) >= 11 is 3.10. The van der Waals surface area contributed by atoms with Gasteiger partial charge in [-0.1, -0.05) is 6.07 Å².